The second kappa shape index (κ2) is 8.60. The van der Waals surface area contributed by atoms with E-state index in [0.717, 1.165) is 5.56 Å². The number of carbonyl (C=O) groups excluding carboxylic acids is 1. The second-order valence-corrected chi connectivity index (χ2v) is 5.95. The van der Waals surface area contributed by atoms with Crippen molar-refractivity contribution in [1.29, 1.82) is 5.26 Å². The standard InChI is InChI=1S/C20H17N3O5/c21-9-15(11-22-16-4-1-13(2-5-16)8-19(24)25)20(26)23-10-14-3-6-17-18(7-14)28-12-27-17/h1-7,11,22H,8,10,12H2,(H,23,26)(H,24,25)/b15-11-. The number of anilines is 1. The van der Waals surface area contributed by atoms with E-state index < -0.39 is 11.9 Å². The molecule has 0 bridgehead atoms. The number of benzene rings is 2. The van der Waals surface area contributed by atoms with Crippen LogP contribution in [-0.4, -0.2) is 23.8 Å². The van der Waals surface area contributed by atoms with Gasteiger partial charge >= 0.3 is 5.97 Å². The molecule has 0 fully saturated rings. The Labute approximate surface area is 161 Å². The molecule has 2 aromatic rings. The summed E-state index contributed by atoms with van der Waals surface area (Å²) in [4.78, 5) is 22.9. The first-order valence-corrected chi connectivity index (χ1v) is 8.39. The topological polar surface area (TPSA) is 121 Å². The van der Waals surface area contributed by atoms with Crippen LogP contribution in [0.2, 0.25) is 0 Å². The number of carbonyl (C=O) groups is 2. The second-order valence-electron chi connectivity index (χ2n) is 5.95. The fourth-order valence-electron chi connectivity index (χ4n) is 2.53. The van der Waals surface area contributed by atoms with Crippen LogP contribution < -0.4 is 20.1 Å². The number of amides is 1. The third kappa shape index (κ3) is 4.80. The summed E-state index contributed by atoms with van der Waals surface area (Å²) in [6.45, 7) is 0.411. The molecule has 0 spiro atoms. The number of hydrogen-bond acceptors (Lipinski definition) is 6. The lowest BCUT2D eigenvalue weighted by molar-refractivity contribution is -0.136. The summed E-state index contributed by atoms with van der Waals surface area (Å²) in [6, 6.07) is 13.9. The lowest BCUT2D eigenvalue weighted by atomic mass is 10.1. The van der Waals surface area contributed by atoms with Crippen molar-refractivity contribution in [3.8, 4) is 17.6 Å². The SMILES string of the molecule is N#C/C(=C/Nc1ccc(CC(=O)O)cc1)C(=O)NCc1ccc2c(c1)OCO2. The van der Waals surface area contributed by atoms with Crippen LogP contribution in [0.1, 0.15) is 11.1 Å². The fourth-order valence-corrected chi connectivity index (χ4v) is 2.53. The Hall–Kier alpha value is -3.99. The Balaban J connectivity index is 1.57. The third-order valence-electron chi connectivity index (χ3n) is 3.95. The molecule has 3 rings (SSSR count). The maximum Gasteiger partial charge on any atom is 0.307 e. The van der Waals surface area contributed by atoms with Crippen molar-refractivity contribution in [3.05, 3.63) is 65.4 Å². The van der Waals surface area contributed by atoms with Crippen molar-refractivity contribution in [1.82, 2.24) is 5.32 Å². The molecule has 2 aromatic carbocycles. The van der Waals surface area contributed by atoms with Gasteiger partial charge in [0.25, 0.3) is 5.91 Å². The summed E-state index contributed by atoms with van der Waals surface area (Å²) in [7, 11) is 0. The highest BCUT2D eigenvalue weighted by molar-refractivity contribution is 5.97. The number of carboxylic acids is 1. The van der Waals surface area contributed by atoms with Crippen LogP contribution in [0.25, 0.3) is 0 Å². The van der Waals surface area contributed by atoms with Gasteiger partial charge in [0.1, 0.15) is 11.6 Å². The highest BCUT2D eigenvalue weighted by Gasteiger charge is 2.14. The zero-order valence-electron chi connectivity index (χ0n) is 14.8. The van der Waals surface area contributed by atoms with Crippen LogP contribution in [0.3, 0.4) is 0 Å². The Morgan fingerprint density at radius 1 is 1.11 bits per heavy atom. The number of rotatable bonds is 7. The highest BCUT2D eigenvalue weighted by atomic mass is 16.7. The molecular formula is C20H17N3O5. The molecule has 1 aliphatic rings. The molecule has 142 valence electrons. The van der Waals surface area contributed by atoms with Gasteiger partial charge in [0.05, 0.1) is 6.42 Å². The minimum absolute atomic E-state index is 0.0676. The van der Waals surface area contributed by atoms with E-state index in [4.69, 9.17) is 14.6 Å². The normalized spacial score (nSPS) is 12.2. The molecule has 3 N–H and O–H groups in total. The molecule has 8 heteroatoms. The van der Waals surface area contributed by atoms with Crippen LogP contribution in [0.5, 0.6) is 11.5 Å². The van der Waals surface area contributed by atoms with Crippen LogP contribution in [0.15, 0.2) is 54.2 Å². The van der Waals surface area contributed by atoms with E-state index in [1.54, 1.807) is 42.5 Å². The number of nitrogens with zero attached hydrogens (tertiary/aromatic N) is 1. The first-order valence-electron chi connectivity index (χ1n) is 8.39. The van der Waals surface area contributed by atoms with Crippen molar-refractivity contribution in [2.75, 3.05) is 12.1 Å². The number of carboxylic acid groups (broad SMARTS) is 1. The first kappa shape index (κ1) is 18.8. The number of hydrogen-bond donors (Lipinski definition) is 3. The van der Waals surface area contributed by atoms with Gasteiger partial charge in [-0.05, 0) is 35.4 Å². The van der Waals surface area contributed by atoms with E-state index in [2.05, 4.69) is 10.6 Å². The lowest BCUT2D eigenvalue weighted by Crippen LogP contribution is -2.24. The third-order valence-corrected chi connectivity index (χ3v) is 3.95. The van der Waals surface area contributed by atoms with Crippen LogP contribution in [0, 0.1) is 11.3 Å². The lowest BCUT2D eigenvalue weighted by Gasteiger charge is -2.07. The Kier molecular flexibility index (Phi) is 5.77. The van der Waals surface area contributed by atoms with Gasteiger partial charge in [-0.3, -0.25) is 9.59 Å². The average molecular weight is 379 g/mol. The maximum absolute atomic E-state index is 12.2. The molecule has 8 nitrogen and oxygen atoms in total. The summed E-state index contributed by atoms with van der Waals surface area (Å²) in [6.07, 6.45) is 1.24. The van der Waals surface area contributed by atoms with E-state index in [0.29, 0.717) is 22.7 Å². The Morgan fingerprint density at radius 3 is 2.54 bits per heavy atom. The summed E-state index contributed by atoms with van der Waals surface area (Å²) >= 11 is 0. The summed E-state index contributed by atoms with van der Waals surface area (Å²) < 4.78 is 10.5. The van der Waals surface area contributed by atoms with E-state index in [9.17, 15) is 14.9 Å². The molecule has 1 heterocycles. The van der Waals surface area contributed by atoms with E-state index in [1.165, 1.54) is 6.20 Å². The monoisotopic (exact) mass is 379 g/mol. The van der Waals surface area contributed by atoms with Crippen LogP contribution in [0.4, 0.5) is 5.69 Å². The van der Waals surface area contributed by atoms with Crippen molar-refractivity contribution in [3.63, 3.8) is 0 Å². The smallest absolute Gasteiger partial charge is 0.307 e. The minimum atomic E-state index is -0.911. The minimum Gasteiger partial charge on any atom is -0.481 e. The van der Waals surface area contributed by atoms with Gasteiger partial charge in [-0.1, -0.05) is 18.2 Å². The quantitative estimate of drug-likeness (QED) is 0.498. The molecule has 0 saturated carbocycles. The van der Waals surface area contributed by atoms with Gasteiger partial charge in [-0.25, -0.2) is 0 Å². The van der Waals surface area contributed by atoms with E-state index in [1.807, 2.05) is 6.07 Å². The van der Waals surface area contributed by atoms with Crippen molar-refractivity contribution >= 4 is 17.6 Å². The van der Waals surface area contributed by atoms with Crippen LogP contribution in [-0.2, 0) is 22.6 Å². The predicted octanol–water partition coefficient (Wildman–Crippen LogP) is 2.18. The molecule has 0 aliphatic carbocycles. The average Bonchev–Trinajstić information content (AvgIpc) is 3.15. The molecule has 1 amide bonds. The molecule has 0 unspecified atom stereocenters. The van der Waals surface area contributed by atoms with Gasteiger partial charge in [0, 0.05) is 18.4 Å². The molecule has 0 radical (unpaired) electrons. The molecule has 0 saturated heterocycles. The van der Waals surface area contributed by atoms with Gasteiger partial charge in [-0.2, -0.15) is 5.26 Å². The Morgan fingerprint density at radius 2 is 1.82 bits per heavy atom. The van der Waals surface area contributed by atoms with Gasteiger partial charge in [-0.15, -0.1) is 0 Å². The van der Waals surface area contributed by atoms with E-state index >= 15 is 0 Å². The van der Waals surface area contributed by atoms with Gasteiger partial charge in [0.2, 0.25) is 6.79 Å². The zero-order valence-corrected chi connectivity index (χ0v) is 14.8. The number of nitrogens with one attached hydrogen (secondary N) is 2. The Bertz CT molecular complexity index is 961. The fraction of sp³-hybridized carbons (Fsp3) is 0.150. The molecule has 28 heavy (non-hydrogen) atoms. The summed E-state index contributed by atoms with van der Waals surface area (Å²) in [5, 5.41) is 23.5. The van der Waals surface area contributed by atoms with Crippen LogP contribution >= 0.6 is 0 Å². The maximum atomic E-state index is 12.2. The number of ether oxygens (including phenoxy) is 2. The molecule has 1 aliphatic heterocycles. The van der Waals surface area contributed by atoms with Gasteiger partial charge in [0.15, 0.2) is 11.5 Å². The zero-order chi connectivity index (χ0) is 19.9. The number of fused-ring (bicyclic) bond motifs is 1. The predicted molar refractivity (Wildman–Crippen MR) is 99.5 cm³/mol. The van der Waals surface area contributed by atoms with Crippen molar-refractivity contribution < 1.29 is 24.2 Å². The molecule has 0 atom stereocenters. The van der Waals surface area contributed by atoms with Crippen molar-refractivity contribution in [2.24, 2.45) is 0 Å². The largest absolute Gasteiger partial charge is 0.481 e. The summed E-state index contributed by atoms with van der Waals surface area (Å²) in [5.41, 5.74) is 2.02. The molecule has 0 aromatic heterocycles. The van der Waals surface area contributed by atoms with Crippen molar-refractivity contribution in [2.45, 2.75) is 13.0 Å². The van der Waals surface area contributed by atoms with Gasteiger partial charge < -0.3 is 25.2 Å². The molecular weight excluding hydrogens is 362 g/mol. The van der Waals surface area contributed by atoms with E-state index in [-0.39, 0.29) is 25.3 Å². The summed E-state index contributed by atoms with van der Waals surface area (Å²) in [5.74, 6) is -0.149. The first-order chi connectivity index (χ1) is 13.5. The number of aliphatic carboxylic acids is 1. The highest BCUT2D eigenvalue weighted by Crippen LogP contribution is 2.32. The number of nitriles is 1.